The van der Waals surface area contributed by atoms with Gasteiger partial charge in [-0.1, -0.05) is 24.6 Å². The smallest absolute Gasteiger partial charge is 0.159 e. The summed E-state index contributed by atoms with van der Waals surface area (Å²) >= 11 is 5.95. The molecule has 6 heteroatoms. The van der Waals surface area contributed by atoms with Crippen LogP contribution in [0.3, 0.4) is 0 Å². The Bertz CT molecular complexity index is 588. The summed E-state index contributed by atoms with van der Waals surface area (Å²) in [5.41, 5.74) is 7.41. The maximum absolute atomic E-state index is 6.09. The second-order valence-corrected chi connectivity index (χ2v) is 5.01. The van der Waals surface area contributed by atoms with Gasteiger partial charge in [0.15, 0.2) is 11.6 Å². The molecule has 0 saturated carbocycles. The van der Waals surface area contributed by atoms with Crippen LogP contribution < -0.4 is 16.4 Å². The number of nitrogens with two attached hydrogens (primary N) is 1. The number of aromatic nitrogens is 2. The van der Waals surface area contributed by atoms with Gasteiger partial charge in [0.25, 0.3) is 0 Å². The van der Waals surface area contributed by atoms with Gasteiger partial charge in [0.2, 0.25) is 0 Å². The van der Waals surface area contributed by atoms with Crippen molar-refractivity contribution in [2.24, 2.45) is 0 Å². The van der Waals surface area contributed by atoms with Crippen molar-refractivity contribution < 1.29 is 0 Å². The third-order valence-corrected chi connectivity index (χ3v) is 3.20. The summed E-state index contributed by atoms with van der Waals surface area (Å²) in [6.07, 6.45) is 2.47. The highest BCUT2D eigenvalue weighted by Gasteiger charge is 2.10. The Kier molecular flexibility index (Phi) is 4.63. The highest BCUT2D eigenvalue weighted by molar-refractivity contribution is 6.30. The van der Waals surface area contributed by atoms with Gasteiger partial charge in [-0.25, -0.2) is 9.97 Å². The number of hydrogen-bond acceptors (Lipinski definition) is 5. The molecular weight excluding hydrogens is 274 g/mol. The Morgan fingerprint density at radius 3 is 2.75 bits per heavy atom. The molecule has 1 aromatic carbocycles. The summed E-state index contributed by atoms with van der Waals surface area (Å²) in [7, 11) is 0. The average Bonchev–Trinajstić information content (AvgIpc) is 2.43. The molecule has 2 aromatic rings. The molecule has 0 bridgehead atoms. The second kappa shape index (κ2) is 6.43. The Balaban J connectivity index is 2.22. The average molecular weight is 292 g/mol. The molecular formula is C14H18ClN5. The van der Waals surface area contributed by atoms with Crippen LogP contribution in [-0.4, -0.2) is 16.0 Å². The highest BCUT2D eigenvalue weighted by atomic mass is 35.5. The van der Waals surface area contributed by atoms with E-state index in [1.807, 2.05) is 24.3 Å². The molecule has 0 aliphatic heterocycles. The molecule has 1 unspecified atom stereocenters. The normalized spacial score (nSPS) is 11.9. The van der Waals surface area contributed by atoms with Crippen molar-refractivity contribution in [1.29, 1.82) is 0 Å². The number of nitrogen functional groups attached to an aromatic ring is 1. The van der Waals surface area contributed by atoms with Crippen LogP contribution in [0.5, 0.6) is 0 Å². The van der Waals surface area contributed by atoms with Gasteiger partial charge in [-0.15, -0.1) is 0 Å². The first kappa shape index (κ1) is 14.4. The number of anilines is 4. The maximum atomic E-state index is 6.09. The zero-order valence-electron chi connectivity index (χ0n) is 11.5. The minimum atomic E-state index is 0.297. The molecule has 20 heavy (non-hydrogen) atoms. The number of nitrogens with one attached hydrogen (secondary N) is 2. The predicted molar refractivity (Wildman–Crippen MR) is 84.6 cm³/mol. The quantitative estimate of drug-likeness (QED) is 0.783. The van der Waals surface area contributed by atoms with E-state index in [-0.39, 0.29) is 0 Å². The van der Waals surface area contributed by atoms with Crippen molar-refractivity contribution in [3.8, 4) is 0 Å². The van der Waals surface area contributed by atoms with Crippen molar-refractivity contribution in [2.45, 2.75) is 26.3 Å². The standard InChI is InChI=1S/C14H18ClN5/c1-3-9(2)19-13-12(16)14(18-8-17-13)20-11-6-4-5-10(15)7-11/h4-9H,3,16H2,1-2H3,(H2,17,18,19,20). The first-order valence-electron chi connectivity index (χ1n) is 6.49. The molecule has 1 aromatic heterocycles. The molecule has 0 saturated heterocycles. The minimum absolute atomic E-state index is 0.297. The fourth-order valence-corrected chi connectivity index (χ4v) is 1.84. The van der Waals surface area contributed by atoms with Gasteiger partial charge in [0.05, 0.1) is 0 Å². The van der Waals surface area contributed by atoms with Crippen molar-refractivity contribution in [1.82, 2.24) is 9.97 Å². The third-order valence-electron chi connectivity index (χ3n) is 2.97. The molecule has 0 radical (unpaired) electrons. The molecule has 0 amide bonds. The molecule has 0 aliphatic carbocycles. The monoisotopic (exact) mass is 291 g/mol. The topological polar surface area (TPSA) is 75.9 Å². The lowest BCUT2D eigenvalue weighted by Gasteiger charge is -2.16. The molecule has 1 atom stereocenters. The van der Waals surface area contributed by atoms with Crippen LogP contribution in [0, 0.1) is 0 Å². The Morgan fingerprint density at radius 1 is 1.30 bits per heavy atom. The van der Waals surface area contributed by atoms with Gasteiger partial charge in [0, 0.05) is 16.8 Å². The van der Waals surface area contributed by atoms with E-state index >= 15 is 0 Å². The van der Waals surface area contributed by atoms with Crippen LogP contribution in [0.1, 0.15) is 20.3 Å². The second-order valence-electron chi connectivity index (χ2n) is 4.57. The first-order chi connectivity index (χ1) is 9.60. The summed E-state index contributed by atoms with van der Waals surface area (Å²) in [4.78, 5) is 8.34. The van der Waals surface area contributed by atoms with E-state index in [9.17, 15) is 0 Å². The van der Waals surface area contributed by atoms with Crippen LogP contribution in [0.25, 0.3) is 0 Å². The lowest BCUT2D eigenvalue weighted by Crippen LogP contribution is -2.16. The van der Waals surface area contributed by atoms with Crippen LogP contribution in [0.15, 0.2) is 30.6 Å². The number of halogens is 1. The Hall–Kier alpha value is -2.01. The van der Waals surface area contributed by atoms with E-state index < -0.39 is 0 Å². The van der Waals surface area contributed by atoms with Crippen molar-refractivity contribution >= 4 is 34.6 Å². The Labute approximate surface area is 123 Å². The largest absolute Gasteiger partial charge is 0.393 e. The zero-order chi connectivity index (χ0) is 14.5. The van der Waals surface area contributed by atoms with Crippen LogP contribution >= 0.6 is 11.6 Å². The SMILES string of the molecule is CCC(C)Nc1ncnc(Nc2cccc(Cl)c2)c1N. The van der Waals surface area contributed by atoms with Gasteiger partial charge in [-0.2, -0.15) is 0 Å². The van der Waals surface area contributed by atoms with Gasteiger partial charge < -0.3 is 16.4 Å². The summed E-state index contributed by atoms with van der Waals surface area (Å²) in [6.45, 7) is 4.17. The fraction of sp³-hybridized carbons (Fsp3) is 0.286. The summed E-state index contributed by atoms with van der Waals surface area (Å²) in [5.74, 6) is 1.20. The lowest BCUT2D eigenvalue weighted by atomic mass is 10.2. The van der Waals surface area contributed by atoms with E-state index in [1.165, 1.54) is 6.33 Å². The molecule has 0 fully saturated rings. The van der Waals surface area contributed by atoms with Gasteiger partial charge >= 0.3 is 0 Å². The molecule has 106 valence electrons. The van der Waals surface area contributed by atoms with E-state index in [4.69, 9.17) is 17.3 Å². The maximum Gasteiger partial charge on any atom is 0.159 e. The third kappa shape index (κ3) is 3.51. The van der Waals surface area contributed by atoms with Gasteiger partial charge in [0.1, 0.15) is 12.0 Å². The van der Waals surface area contributed by atoms with Crippen LogP contribution in [0.4, 0.5) is 23.0 Å². The van der Waals surface area contributed by atoms with Crippen LogP contribution in [-0.2, 0) is 0 Å². The van der Waals surface area contributed by atoms with E-state index in [1.54, 1.807) is 0 Å². The molecule has 0 spiro atoms. The van der Waals surface area contributed by atoms with Crippen molar-refractivity contribution in [2.75, 3.05) is 16.4 Å². The number of benzene rings is 1. The van der Waals surface area contributed by atoms with Crippen molar-refractivity contribution in [3.05, 3.63) is 35.6 Å². The fourth-order valence-electron chi connectivity index (χ4n) is 1.65. The molecule has 4 N–H and O–H groups in total. The summed E-state index contributed by atoms with van der Waals surface area (Å²) < 4.78 is 0. The van der Waals surface area contributed by atoms with E-state index in [0.717, 1.165) is 12.1 Å². The number of rotatable bonds is 5. The zero-order valence-corrected chi connectivity index (χ0v) is 12.3. The lowest BCUT2D eigenvalue weighted by molar-refractivity contribution is 0.759. The predicted octanol–water partition coefficient (Wildman–Crippen LogP) is 3.67. The number of hydrogen-bond donors (Lipinski definition) is 3. The highest BCUT2D eigenvalue weighted by Crippen LogP contribution is 2.27. The van der Waals surface area contributed by atoms with E-state index in [0.29, 0.717) is 28.4 Å². The van der Waals surface area contributed by atoms with E-state index in [2.05, 4.69) is 34.4 Å². The van der Waals surface area contributed by atoms with Gasteiger partial charge in [-0.3, -0.25) is 0 Å². The summed E-state index contributed by atoms with van der Waals surface area (Å²) in [6, 6.07) is 7.68. The number of nitrogens with zero attached hydrogens (tertiary/aromatic N) is 2. The van der Waals surface area contributed by atoms with Gasteiger partial charge in [-0.05, 0) is 31.5 Å². The molecule has 0 aliphatic rings. The minimum Gasteiger partial charge on any atom is -0.393 e. The molecule has 5 nitrogen and oxygen atoms in total. The molecule has 2 rings (SSSR count). The first-order valence-corrected chi connectivity index (χ1v) is 6.87. The van der Waals surface area contributed by atoms with Crippen LogP contribution in [0.2, 0.25) is 5.02 Å². The Morgan fingerprint density at radius 2 is 2.05 bits per heavy atom. The summed E-state index contributed by atoms with van der Waals surface area (Å²) in [5, 5.41) is 7.05. The molecule has 1 heterocycles. The van der Waals surface area contributed by atoms with Crippen molar-refractivity contribution in [3.63, 3.8) is 0 Å².